The van der Waals surface area contributed by atoms with Crippen molar-refractivity contribution in [1.82, 2.24) is 4.90 Å². The first-order chi connectivity index (χ1) is 22.7. The van der Waals surface area contributed by atoms with Crippen LogP contribution >= 0.6 is 11.3 Å². The number of fused-ring (bicyclic) bond motifs is 1. The van der Waals surface area contributed by atoms with Crippen LogP contribution in [-0.2, 0) is 31.0 Å². The fraction of sp³-hybridized carbons (Fsp3) is 0.500. The Labute approximate surface area is 283 Å². The Bertz CT molecular complexity index is 1870. The number of hydrogen-bond acceptors (Lipinski definition) is 10. The lowest BCUT2D eigenvalue weighted by Gasteiger charge is -2.39. The average Bonchev–Trinajstić information content (AvgIpc) is 3.36. The molecule has 1 aromatic heterocycles. The molecule has 10 nitrogen and oxygen atoms in total. The average molecular weight is 729 g/mol. The third-order valence-corrected chi connectivity index (χ3v) is 12.3. The summed E-state index contributed by atoms with van der Waals surface area (Å²) >= 11 is 1.22. The van der Waals surface area contributed by atoms with E-state index in [2.05, 4.69) is 27.4 Å². The van der Waals surface area contributed by atoms with Crippen molar-refractivity contribution in [2.75, 3.05) is 62.1 Å². The first-order valence-corrected chi connectivity index (χ1v) is 19.7. The standard InChI is InChI=1S/C32H39F3N4O6S3/c1-44-16-17-45-29-20-24(48(36,42)43)11-12-27(29)37-13-3-6-30-26(21-32(33,34)35)25-4-2-5-28(31(25)46-30)38-22-7-9-23(10-8-22)39-14-18-47(40,41)19-15-39/h2,4-5,11-12,20,22-23,37-38H,7-10,13-19,21H2,1H3,(H2,36,42,43). The molecule has 0 unspecified atom stereocenters. The van der Waals surface area contributed by atoms with Gasteiger partial charge in [-0.2, -0.15) is 13.2 Å². The van der Waals surface area contributed by atoms with Crippen LogP contribution in [0.2, 0.25) is 0 Å². The Morgan fingerprint density at radius 2 is 1.79 bits per heavy atom. The number of nitrogens with one attached hydrogen (secondary N) is 2. The maximum atomic E-state index is 13.7. The molecule has 1 saturated carbocycles. The zero-order valence-electron chi connectivity index (χ0n) is 26.4. The van der Waals surface area contributed by atoms with Gasteiger partial charge in [-0.3, -0.25) is 4.90 Å². The number of rotatable bonds is 11. The van der Waals surface area contributed by atoms with Gasteiger partial charge in [0.05, 0.1) is 56.9 Å². The number of anilines is 2. The van der Waals surface area contributed by atoms with Crippen LogP contribution in [0.25, 0.3) is 10.1 Å². The number of sulfone groups is 1. The Hall–Kier alpha value is -3.07. The molecule has 0 spiro atoms. The Morgan fingerprint density at radius 1 is 1.06 bits per heavy atom. The minimum absolute atomic E-state index is 0.0480. The van der Waals surface area contributed by atoms with Crippen molar-refractivity contribution in [1.29, 1.82) is 0 Å². The largest absolute Gasteiger partial charge is 0.489 e. The van der Waals surface area contributed by atoms with Gasteiger partial charge in [-0.15, -0.1) is 11.3 Å². The van der Waals surface area contributed by atoms with Gasteiger partial charge < -0.3 is 20.1 Å². The van der Waals surface area contributed by atoms with Gasteiger partial charge in [-0.05, 0) is 54.8 Å². The second-order valence-electron chi connectivity index (χ2n) is 11.9. The van der Waals surface area contributed by atoms with E-state index in [1.807, 2.05) is 6.07 Å². The van der Waals surface area contributed by atoms with Gasteiger partial charge in [0.1, 0.15) is 12.4 Å². The Balaban J connectivity index is 1.31. The molecule has 0 radical (unpaired) electrons. The summed E-state index contributed by atoms with van der Waals surface area (Å²) in [5.74, 6) is 6.47. The van der Waals surface area contributed by atoms with E-state index in [0.717, 1.165) is 31.4 Å². The van der Waals surface area contributed by atoms with Crippen LogP contribution < -0.4 is 20.5 Å². The van der Waals surface area contributed by atoms with E-state index in [0.29, 0.717) is 39.8 Å². The predicted octanol–water partition coefficient (Wildman–Crippen LogP) is 4.60. The molecule has 3 aromatic rings. The first-order valence-electron chi connectivity index (χ1n) is 15.6. The number of alkyl halides is 3. The number of nitrogens with two attached hydrogens (primary N) is 1. The quantitative estimate of drug-likeness (QED) is 0.191. The molecule has 2 fully saturated rings. The summed E-state index contributed by atoms with van der Waals surface area (Å²) in [4.78, 5) is 2.46. The number of sulfonamides is 1. The zero-order chi connectivity index (χ0) is 34.5. The molecule has 0 bridgehead atoms. The number of hydrogen-bond donors (Lipinski definition) is 3. The molecule has 2 aromatic carbocycles. The van der Waals surface area contributed by atoms with Crippen LogP contribution in [0.15, 0.2) is 41.3 Å². The third-order valence-electron chi connectivity index (χ3n) is 8.54. The van der Waals surface area contributed by atoms with Gasteiger partial charge >= 0.3 is 6.18 Å². The zero-order valence-corrected chi connectivity index (χ0v) is 28.9. The Kier molecular flexibility index (Phi) is 11.5. The monoisotopic (exact) mass is 728 g/mol. The van der Waals surface area contributed by atoms with Gasteiger partial charge in [0.2, 0.25) is 10.0 Å². The second-order valence-corrected chi connectivity index (χ2v) is 16.8. The normalized spacial score (nSPS) is 20.2. The number of methoxy groups -OCH3 is 1. The van der Waals surface area contributed by atoms with Gasteiger partial charge in [0.15, 0.2) is 9.84 Å². The van der Waals surface area contributed by atoms with Gasteiger partial charge in [0, 0.05) is 38.3 Å². The van der Waals surface area contributed by atoms with Crippen LogP contribution in [0.3, 0.4) is 0 Å². The van der Waals surface area contributed by atoms with Crippen LogP contribution in [0.4, 0.5) is 24.5 Å². The SMILES string of the molecule is COCCOc1cc(S(N)(=O)=O)ccc1NCC#Cc1sc2c(NC3CCC(N4CCS(=O)(=O)CC4)CC3)cccc2c1CC(F)(F)F. The smallest absolute Gasteiger partial charge is 0.393 e. The lowest BCUT2D eigenvalue weighted by molar-refractivity contribution is -0.126. The lowest BCUT2D eigenvalue weighted by Crippen LogP contribution is -2.48. The molecule has 0 atom stereocenters. The van der Waals surface area contributed by atoms with Crippen molar-refractivity contribution >= 4 is 52.7 Å². The molecule has 262 valence electrons. The van der Waals surface area contributed by atoms with Gasteiger partial charge in [-0.1, -0.05) is 24.0 Å². The van der Waals surface area contributed by atoms with Gasteiger partial charge in [0.25, 0.3) is 0 Å². The highest BCUT2D eigenvalue weighted by atomic mass is 32.2. The van der Waals surface area contributed by atoms with Crippen LogP contribution in [0, 0.1) is 11.8 Å². The van der Waals surface area contributed by atoms with Crippen LogP contribution in [-0.4, -0.2) is 91.5 Å². The van der Waals surface area contributed by atoms with Crippen molar-refractivity contribution in [3.63, 3.8) is 0 Å². The molecule has 2 heterocycles. The molecule has 16 heteroatoms. The summed E-state index contributed by atoms with van der Waals surface area (Å²) in [5.41, 5.74) is 1.34. The van der Waals surface area contributed by atoms with Crippen LogP contribution in [0.1, 0.15) is 36.1 Å². The lowest BCUT2D eigenvalue weighted by atomic mass is 9.90. The van der Waals surface area contributed by atoms with E-state index >= 15 is 0 Å². The molecular formula is C32H39F3N4O6S3. The van der Waals surface area contributed by atoms with Crippen molar-refractivity contribution in [3.05, 3.63) is 46.8 Å². The van der Waals surface area contributed by atoms with Crippen LogP contribution in [0.5, 0.6) is 5.75 Å². The summed E-state index contributed by atoms with van der Waals surface area (Å²) in [5, 5.41) is 12.4. The summed E-state index contributed by atoms with van der Waals surface area (Å²) in [6.07, 6.45) is -1.96. The number of nitrogens with zero attached hydrogens (tertiary/aromatic N) is 1. The topological polar surface area (TPSA) is 140 Å². The minimum Gasteiger partial charge on any atom is -0.489 e. The predicted molar refractivity (Wildman–Crippen MR) is 182 cm³/mol. The third kappa shape index (κ3) is 9.54. The van der Waals surface area contributed by atoms with E-state index < -0.39 is 32.5 Å². The highest BCUT2D eigenvalue weighted by molar-refractivity contribution is 7.91. The summed E-state index contributed by atoms with van der Waals surface area (Å²) < 4.78 is 99.9. The fourth-order valence-corrected chi connectivity index (χ4v) is 9.03. The highest BCUT2D eigenvalue weighted by Crippen LogP contribution is 2.40. The Morgan fingerprint density at radius 3 is 2.46 bits per heavy atom. The van der Waals surface area contributed by atoms with Crippen molar-refractivity contribution in [3.8, 4) is 17.6 Å². The summed E-state index contributed by atoms with van der Waals surface area (Å²) in [6.45, 7) is 1.59. The minimum atomic E-state index is -4.43. The number of benzene rings is 2. The van der Waals surface area contributed by atoms with Gasteiger partial charge in [-0.25, -0.2) is 22.0 Å². The second kappa shape index (κ2) is 15.2. The van der Waals surface area contributed by atoms with E-state index in [1.54, 1.807) is 12.1 Å². The highest BCUT2D eigenvalue weighted by Gasteiger charge is 2.32. The molecule has 1 aliphatic carbocycles. The number of halogens is 3. The number of primary sulfonamides is 1. The molecule has 4 N–H and O–H groups in total. The van der Waals surface area contributed by atoms with E-state index in [1.165, 1.54) is 36.6 Å². The molecule has 5 rings (SSSR count). The fourth-order valence-electron chi connectivity index (χ4n) is 6.10. The maximum Gasteiger partial charge on any atom is 0.393 e. The first kappa shape index (κ1) is 36.2. The summed E-state index contributed by atoms with van der Waals surface area (Å²) in [6, 6.07) is 9.91. The van der Waals surface area contributed by atoms with E-state index in [9.17, 15) is 30.0 Å². The summed E-state index contributed by atoms with van der Waals surface area (Å²) in [7, 11) is -5.41. The molecule has 48 heavy (non-hydrogen) atoms. The van der Waals surface area contributed by atoms with E-state index in [4.69, 9.17) is 14.6 Å². The number of ether oxygens (including phenoxy) is 2. The molecule has 1 aliphatic heterocycles. The van der Waals surface area contributed by atoms with Crippen molar-refractivity contribution in [2.45, 2.75) is 55.3 Å². The van der Waals surface area contributed by atoms with Crippen molar-refractivity contribution in [2.24, 2.45) is 5.14 Å². The van der Waals surface area contributed by atoms with E-state index in [-0.39, 0.29) is 53.5 Å². The molecule has 0 amide bonds. The van der Waals surface area contributed by atoms with Crippen molar-refractivity contribution < 1.29 is 39.5 Å². The molecule has 2 aliphatic rings. The molecule has 1 saturated heterocycles. The molecular weight excluding hydrogens is 690 g/mol. The number of thiophene rings is 1. The maximum absolute atomic E-state index is 13.7.